The van der Waals surface area contributed by atoms with Crippen LogP contribution in [-0.2, 0) is 6.42 Å². The molecule has 0 radical (unpaired) electrons. The van der Waals surface area contributed by atoms with Crippen LogP contribution in [0.4, 0.5) is 5.69 Å². The van der Waals surface area contributed by atoms with Gasteiger partial charge in [-0.1, -0.05) is 39.8 Å². The molecule has 0 fully saturated rings. The van der Waals surface area contributed by atoms with Gasteiger partial charge in [-0.2, -0.15) is 0 Å². The highest BCUT2D eigenvalue weighted by molar-refractivity contribution is 5.33. The van der Waals surface area contributed by atoms with Crippen molar-refractivity contribution >= 4 is 5.69 Å². The maximum absolute atomic E-state index is 10.7. The van der Waals surface area contributed by atoms with Gasteiger partial charge in [0, 0.05) is 18.2 Å². The van der Waals surface area contributed by atoms with Crippen LogP contribution in [0, 0.1) is 15.5 Å². The van der Waals surface area contributed by atoms with Gasteiger partial charge in [-0.15, -0.1) is 0 Å². The second-order valence-corrected chi connectivity index (χ2v) is 5.98. The minimum atomic E-state index is -0.355. The summed E-state index contributed by atoms with van der Waals surface area (Å²) in [5.41, 5.74) is 1.50. The fourth-order valence-corrected chi connectivity index (χ4v) is 2.18. The molecule has 0 heterocycles. The Morgan fingerprint density at radius 3 is 2.30 bits per heavy atom. The van der Waals surface area contributed by atoms with Gasteiger partial charge in [0.1, 0.15) is 0 Å². The lowest BCUT2D eigenvalue weighted by molar-refractivity contribution is -0.384. The van der Waals surface area contributed by atoms with E-state index in [9.17, 15) is 10.1 Å². The molecule has 0 saturated carbocycles. The topological polar surface area (TPSA) is 55.2 Å². The Hall–Kier alpha value is -1.42. The Bertz CT molecular complexity index is 427. The van der Waals surface area contributed by atoms with Crippen molar-refractivity contribution < 1.29 is 4.92 Å². The van der Waals surface area contributed by atoms with Crippen molar-refractivity contribution in [3.63, 3.8) is 0 Å². The molecule has 4 nitrogen and oxygen atoms in total. The van der Waals surface area contributed by atoms with Crippen LogP contribution < -0.4 is 5.32 Å². The summed E-state index contributed by atoms with van der Waals surface area (Å²) in [6.45, 7) is 9.91. The second-order valence-electron chi connectivity index (χ2n) is 5.98. The Morgan fingerprint density at radius 1 is 1.25 bits per heavy atom. The number of rotatable bonds is 8. The monoisotopic (exact) mass is 278 g/mol. The van der Waals surface area contributed by atoms with Crippen molar-refractivity contribution in [2.24, 2.45) is 5.41 Å². The predicted molar refractivity (Wildman–Crippen MR) is 83.0 cm³/mol. The van der Waals surface area contributed by atoms with E-state index in [0.29, 0.717) is 6.04 Å². The normalized spacial score (nSPS) is 13.2. The first kappa shape index (κ1) is 16.6. The zero-order valence-electron chi connectivity index (χ0n) is 13.0. The van der Waals surface area contributed by atoms with Crippen LogP contribution in [0.15, 0.2) is 24.3 Å². The number of benzene rings is 1. The average Bonchev–Trinajstić information content (AvgIpc) is 2.43. The summed E-state index contributed by atoms with van der Waals surface area (Å²) in [6.07, 6.45) is 3.11. The van der Waals surface area contributed by atoms with Crippen LogP contribution in [-0.4, -0.2) is 17.5 Å². The fraction of sp³-hybridized carbons (Fsp3) is 0.625. The molecule has 4 heteroatoms. The van der Waals surface area contributed by atoms with Crippen LogP contribution >= 0.6 is 0 Å². The second kappa shape index (κ2) is 7.39. The lowest BCUT2D eigenvalue weighted by atomic mass is 9.79. The molecule has 1 N–H and O–H groups in total. The van der Waals surface area contributed by atoms with Crippen molar-refractivity contribution in [2.45, 2.75) is 53.0 Å². The first-order valence-electron chi connectivity index (χ1n) is 7.37. The minimum absolute atomic E-state index is 0.154. The molecular weight excluding hydrogens is 252 g/mol. The summed E-state index contributed by atoms with van der Waals surface area (Å²) >= 11 is 0. The van der Waals surface area contributed by atoms with Crippen molar-refractivity contribution in [3.8, 4) is 0 Å². The largest absolute Gasteiger partial charge is 0.313 e. The van der Waals surface area contributed by atoms with Gasteiger partial charge in [0.05, 0.1) is 4.92 Å². The van der Waals surface area contributed by atoms with Crippen LogP contribution in [0.25, 0.3) is 0 Å². The number of non-ortho nitro benzene ring substituents is 1. The summed E-state index contributed by atoms with van der Waals surface area (Å²) in [6, 6.07) is 7.29. The molecule has 0 aliphatic rings. The van der Waals surface area contributed by atoms with E-state index in [0.717, 1.165) is 31.4 Å². The van der Waals surface area contributed by atoms with Crippen molar-refractivity contribution in [2.75, 3.05) is 6.54 Å². The number of nitro groups is 1. The number of hydrogen-bond acceptors (Lipinski definition) is 3. The van der Waals surface area contributed by atoms with Gasteiger partial charge in [0.15, 0.2) is 0 Å². The van der Waals surface area contributed by atoms with E-state index in [1.54, 1.807) is 12.1 Å². The fourth-order valence-electron chi connectivity index (χ4n) is 2.18. The molecule has 1 unspecified atom stereocenters. The molecule has 0 aromatic heterocycles. The lowest BCUT2D eigenvalue weighted by Crippen LogP contribution is -2.43. The van der Waals surface area contributed by atoms with E-state index in [2.05, 4.69) is 33.0 Å². The summed E-state index contributed by atoms with van der Waals surface area (Å²) < 4.78 is 0. The van der Waals surface area contributed by atoms with Crippen LogP contribution in [0.5, 0.6) is 0 Å². The Kier molecular flexibility index (Phi) is 6.14. The maximum atomic E-state index is 10.7. The summed E-state index contributed by atoms with van der Waals surface area (Å²) in [4.78, 5) is 10.3. The van der Waals surface area contributed by atoms with Gasteiger partial charge in [0.2, 0.25) is 0 Å². The molecule has 0 bridgehead atoms. The highest BCUT2D eigenvalue weighted by Crippen LogP contribution is 2.27. The van der Waals surface area contributed by atoms with E-state index < -0.39 is 0 Å². The van der Waals surface area contributed by atoms with Gasteiger partial charge in [-0.25, -0.2) is 0 Å². The molecule has 1 aromatic carbocycles. The maximum Gasteiger partial charge on any atom is 0.269 e. The highest BCUT2D eigenvalue weighted by Gasteiger charge is 2.27. The number of nitrogens with one attached hydrogen (secondary N) is 1. The zero-order chi connectivity index (χ0) is 15.2. The highest BCUT2D eigenvalue weighted by atomic mass is 16.6. The Labute approximate surface area is 121 Å². The molecule has 0 spiro atoms. The first-order chi connectivity index (χ1) is 9.40. The number of hydrogen-bond donors (Lipinski definition) is 1. The van der Waals surface area contributed by atoms with Crippen molar-refractivity contribution in [1.82, 2.24) is 5.32 Å². The first-order valence-corrected chi connectivity index (χ1v) is 7.37. The Morgan fingerprint density at radius 2 is 1.85 bits per heavy atom. The van der Waals surface area contributed by atoms with E-state index in [1.807, 2.05) is 12.1 Å². The van der Waals surface area contributed by atoms with Gasteiger partial charge >= 0.3 is 0 Å². The summed E-state index contributed by atoms with van der Waals surface area (Å²) in [7, 11) is 0. The van der Waals surface area contributed by atoms with Crippen molar-refractivity contribution in [1.29, 1.82) is 0 Å². The number of nitrogens with zero attached hydrogens (tertiary/aromatic N) is 1. The standard InChI is InChI=1S/C16H26N2O2/c1-5-11-17-15(16(3,4)6-2)12-13-7-9-14(10-8-13)18(19)20/h7-10,15,17H,5-6,11-12H2,1-4H3. The van der Waals surface area contributed by atoms with E-state index in [1.165, 1.54) is 0 Å². The average molecular weight is 278 g/mol. The molecule has 1 aromatic rings. The smallest absolute Gasteiger partial charge is 0.269 e. The Balaban J connectivity index is 2.80. The lowest BCUT2D eigenvalue weighted by Gasteiger charge is -2.34. The zero-order valence-corrected chi connectivity index (χ0v) is 13.0. The van der Waals surface area contributed by atoms with E-state index >= 15 is 0 Å². The van der Waals surface area contributed by atoms with Gasteiger partial charge in [-0.05, 0) is 36.8 Å². The molecule has 0 aliphatic carbocycles. The van der Waals surface area contributed by atoms with E-state index in [4.69, 9.17) is 0 Å². The SMILES string of the molecule is CCCNC(Cc1ccc([N+](=O)[O-])cc1)C(C)(C)CC. The van der Waals surface area contributed by atoms with Crippen LogP contribution in [0.2, 0.25) is 0 Å². The third kappa shape index (κ3) is 4.60. The molecular formula is C16H26N2O2. The molecule has 112 valence electrons. The van der Waals surface area contributed by atoms with Gasteiger partial charge in [0.25, 0.3) is 5.69 Å². The summed E-state index contributed by atoms with van der Waals surface area (Å²) in [5, 5.41) is 14.3. The van der Waals surface area contributed by atoms with Crippen LogP contribution in [0.1, 0.15) is 46.1 Å². The molecule has 1 rings (SSSR count). The van der Waals surface area contributed by atoms with Gasteiger partial charge < -0.3 is 5.32 Å². The molecule has 20 heavy (non-hydrogen) atoms. The summed E-state index contributed by atoms with van der Waals surface area (Å²) in [5.74, 6) is 0. The molecule has 0 saturated heterocycles. The molecule has 0 amide bonds. The molecule has 0 aliphatic heterocycles. The van der Waals surface area contributed by atoms with Gasteiger partial charge in [-0.3, -0.25) is 10.1 Å². The minimum Gasteiger partial charge on any atom is -0.313 e. The third-order valence-corrected chi connectivity index (χ3v) is 4.08. The predicted octanol–water partition coefficient (Wildman–Crippen LogP) is 3.94. The van der Waals surface area contributed by atoms with E-state index in [-0.39, 0.29) is 16.0 Å². The third-order valence-electron chi connectivity index (χ3n) is 4.08. The quantitative estimate of drug-likeness (QED) is 0.579. The molecule has 1 atom stereocenters. The van der Waals surface area contributed by atoms with Crippen molar-refractivity contribution in [3.05, 3.63) is 39.9 Å². The van der Waals surface area contributed by atoms with Crippen LogP contribution in [0.3, 0.4) is 0 Å². The number of nitro benzene ring substituents is 1.